The molecule has 3 heterocycles. The van der Waals surface area contributed by atoms with Crippen molar-refractivity contribution < 1.29 is 37.8 Å². The van der Waals surface area contributed by atoms with Gasteiger partial charge >= 0.3 is 18.3 Å². The van der Waals surface area contributed by atoms with E-state index in [-0.39, 0.29) is 62.9 Å². The van der Waals surface area contributed by atoms with Crippen molar-refractivity contribution in [3.8, 4) is 11.1 Å². The van der Waals surface area contributed by atoms with Gasteiger partial charge in [0.2, 0.25) is 5.91 Å². The Hall–Kier alpha value is -5.60. The van der Waals surface area contributed by atoms with E-state index < -0.39 is 40.9 Å². The van der Waals surface area contributed by atoms with E-state index in [0.29, 0.717) is 5.39 Å². The molecule has 5 rings (SSSR count). The van der Waals surface area contributed by atoms with Crippen molar-refractivity contribution in [2.75, 3.05) is 15.5 Å². The van der Waals surface area contributed by atoms with Gasteiger partial charge in [-0.2, -0.15) is 10.00 Å². The molecule has 3 unspecified atom stereocenters. The molecule has 1 aliphatic rings. The zero-order valence-corrected chi connectivity index (χ0v) is 33.5. The number of halogens is 1. The molecular formula is C40H50FN7O7. The van der Waals surface area contributed by atoms with Crippen LogP contribution in [0, 0.1) is 24.6 Å². The molecule has 4 amide bonds. The lowest BCUT2D eigenvalue weighted by atomic mass is 9.97. The molecule has 0 saturated heterocycles. The number of nitrogens with one attached hydrogen (secondary N) is 2. The van der Waals surface area contributed by atoms with E-state index >= 15 is 4.39 Å². The number of ether oxygens (including phenoxy) is 3. The molecule has 0 spiro atoms. The third kappa shape index (κ3) is 9.38. The van der Waals surface area contributed by atoms with Crippen molar-refractivity contribution >= 4 is 52.2 Å². The van der Waals surface area contributed by atoms with Crippen LogP contribution in [0.4, 0.5) is 36.0 Å². The fourth-order valence-electron chi connectivity index (χ4n) is 6.48. The molecule has 0 aliphatic heterocycles. The average molecular weight is 760 g/mol. The Bertz CT molecular complexity index is 2120. The number of carbonyl (C=O) groups is 4. The summed E-state index contributed by atoms with van der Waals surface area (Å²) in [5.41, 5.74) is -1.67. The molecule has 1 fully saturated rings. The standard InChI is InChI=1S/C40H50FN7O7/c1-13-24-30(23-16-44-47(12)20-23)31(24)34(49)45-29-15-22-14-25(32(41)33(27(22)18-43-29)46-35(50)53-38(3,4)5)26-17-42-19-28(21(26)2)48(36(51)54-39(6,7)8)37(52)55-40(9,10)11/h14-20,24,30-31H,13H2,1-12H3,(H,46,50)(H,43,45,49). The molecule has 294 valence electrons. The first-order valence-corrected chi connectivity index (χ1v) is 18.1. The summed E-state index contributed by atoms with van der Waals surface area (Å²) < 4.78 is 35.2. The summed E-state index contributed by atoms with van der Waals surface area (Å²) in [5.74, 6) is -0.974. The fraction of sp³-hybridized carbons (Fsp3) is 0.475. The molecule has 1 aliphatic carbocycles. The first-order chi connectivity index (χ1) is 25.5. The predicted octanol–water partition coefficient (Wildman–Crippen LogP) is 8.88. The number of benzene rings is 1. The van der Waals surface area contributed by atoms with Crippen molar-refractivity contribution in [1.82, 2.24) is 19.7 Å². The Morgan fingerprint density at radius 2 is 1.47 bits per heavy atom. The topological polar surface area (TPSA) is 167 Å². The molecule has 14 nitrogen and oxygen atoms in total. The number of amides is 4. The minimum atomic E-state index is -1.02. The minimum Gasteiger partial charge on any atom is -0.444 e. The quantitative estimate of drug-likeness (QED) is 0.174. The minimum absolute atomic E-state index is 0.0112. The molecule has 2 N–H and O–H groups in total. The first-order valence-electron chi connectivity index (χ1n) is 18.1. The SMILES string of the molecule is CCC1C(C(=O)Nc2cc3cc(-c4cncc(N(C(=O)OC(C)(C)C)C(=O)OC(C)(C)C)c4C)c(F)c(NC(=O)OC(C)(C)C)c3cn2)C1c1cnn(C)c1. The molecule has 55 heavy (non-hydrogen) atoms. The lowest BCUT2D eigenvalue weighted by Gasteiger charge is -2.29. The predicted molar refractivity (Wildman–Crippen MR) is 206 cm³/mol. The summed E-state index contributed by atoms with van der Waals surface area (Å²) in [6.07, 6.45) is 5.56. The summed E-state index contributed by atoms with van der Waals surface area (Å²) in [6.45, 7) is 18.6. The third-order valence-corrected chi connectivity index (χ3v) is 8.76. The van der Waals surface area contributed by atoms with Gasteiger partial charge in [0.05, 0.1) is 23.8 Å². The maximum atomic E-state index is 16.9. The van der Waals surface area contributed by atoms with Gasteiger partial charge in [-0.3, -0.25) is 19.8 Å². The van der Waals surface area contributed by atoms with Gasteiger partial charge < -0.3 is 19.5 Å². The van der Waals surface area contributed by atoms with E-state index in [2.05, 4.69) is 25.7 Å². The lowest BCUT2D eigenvalue weighted by Crippen LogP contribution is -2.44. The third-order valence-electron chi connectivity index (χ3n) is 8.76. The Labute approximate surface area is 320 Å². The van der Waals surface area contributed by atoms with Crippen molar-refractivity contribution in [3.05, 3.63) is 60.1 Å². The van der Waals surface area contributed by atoms with Crippen LogP contribution >= 0.6 is 0 Å². The number of pyridine rings is 2. The van der Waals surface area contributed by atoms with Gasteiger partial charge in [-0.25, -0.2) is 23.8 Å². The highest BCUT2D eigenvalue weighted by atomic mass is 19.1. The zero-order chi connectivity index (χ0) is 40.8. The number of anilines is 3. The highest BCUT2D eigenvalue weighted by Crippen LogP contribution is 2.56. The van der Waals surface area contributed by atoms with Crippen LogP contribution in [0.5, 0.6) is 0 Å². The van der Waals surface area contributed by atoms with Crippen molar-refractivity contribution in [1.29, 1.82) is 0 Å². The van der Waals surface area contributed by atoms with Crippen LogP contribution in [0.15, 0.2) is 43.1 Å². The first kappa shape index (κ1) is 40.6. The second-order valence-electron chi connectivity index (χ2n) is 16.7. The summed E-state index contributed by atoms with van der Waals surface area (Å²) in [5, 5.41) is 10.4. The number of fused-ring (bicyclic) bond motifs is 1. The number of imide groups is 1. The average Bonchev–Trinajstić information content (AvgIpc) is 3.62. The number of carbonyl (C=O) groups excluding carboxylic acids is 4. The summed E-state index contributed by atoms with van der Waals surface area (Å²) in [6, 6.07) is 3.10. The van der Waals surface area contributed by atoms with E-state index in [4.69, 9.17) is 14.2 Å². The smallest absolute Gasteiger partial charge is 0.424 e. The largest absolute Gasteiger partial charge is 0.444 e. The van der Waals surface area contributed by atoms with Crippen LogP contribution in [0.3, 0.4) is 0 Å². The molecular weight excluding hydrogens is 709 g/mol. The van der Waals surface area contributed by atoms with Crippen molar-refractivity contribution in [3.63, 3.8) is 0 Å². The van der Waals surface area contributed by atoms with E-state index in [0.717, 1.165) is 16.9 Å². The Morgan fingerprint density at radius 1 is 0.855 bits per heavy atom. The number of nitrogens with zero attached hydrogens (tertiary/aromatic N) is 5. The second kappa shape index (κ2) is 14.9. The number of rotatable bonds is 7. The van der Waals surface area contributed by atoms with Gasteiger partial charge in [-0.1, -0.05) is 13.3 Å². The number of hydrogen-bond donors (Lipinski definition) is 2. The lowest BCUT2D eigenvalue weighted by molar-refractivity contribution is -0.117. The molecule has 4 aromatic rings. The second-order valence-corrected chi connectivity index (χ2v) is 16.7. The summed E-state index contributed by atoms with van der Waals surface area (Å²) >= 11 is 0. The summed E-state index contributed by atoms with van der Waals surface area (Å²) in [7, 11) is 1.83. The van der Waals surface area contributed by atoms with Gasteiger partial charge in [-0.15, -0.1) is 0 Å². The van der Waals surface area contributed by atoms with Crippen LogP contribution in [0.25, 0.3) is 21.9 Å². The monoisotopic (exact) mass is 759 g/mol. The van der Waals surface area contributed by atoms with Crippen LogP contribution < -0.4 is 15.5 Å². The van der Waals surface area contributed by atoms with Gasteiger partial charge in [0.15, 0.2) is 5.82 Å². The van der Waals surface area contributed by atoms with Crippen molar-refractivity contribution in [2.45, 2.75) is 105 Å². The van der Waals surface area contributed by atoms with Gasteiger partial charge in [0.1, 0.15) is 22.6 Å². The molecule has 1 saturated carbocycles. The number of hydrogen-bond acceptors (Lipinski definition) is 10. The van der Waals surface area contributed by atoms with Gasteiger partial charge in [0.25, 0.3) is 0 Å². The van der Waals surface area contributed by atoms with Gasteiger partial charge in [-0.05, 0) is 104 Å². The highest BCUT2D eigenvalue weighted by molar-refractivity contribution is 6.11. The maximum Gasteiger partial charge on any atom is 0.424 e. The van der Waals surface area contributed by atoms with E-state index in [1.807, 2.05) is 20.2 Å². The van der Waals surface area contributed by atoms with Gasteiger partial charge in [0, 0.05) is 54.0 Å². The Morgan fingerprint density at radius 3 is 2.02 bits per heavy atom. The van der Waals surface area contributed by atoms with Crippen LogP contribution in [0.2, 0.25) is 0 Å². The number of aryl methyl sites for hydroxylation is 1. The molecule has 3 aromatic heterocycles. The molecule has 15 heteroatoms. The van der Waals surface area contributed by atoms with E-state index in [1.54, 1.807) is 86.2 Å². The highest BCUT2D eigenvalue weighted by Gasteiger charge is 2.54. The molecule has 3 atom stereocenters. The zero-order valence-electron chi connectivity index (χ0n) is 33.5. The maximum absolute atomic E-state index is 16.9. The summed E-state index contributed by atoms with van der Waals surface area (Å²) in [4.78, 5) is 63.1. The Kier molecular flexibility index (Phi) is 11.0. The normalized spacial score (nSPS) is 17.0. The van der Waals surface area contributed by atoms with Crippen LogP contribution in [-0.2, 0) is 26.1 Å². The molecule has 0 bridgehead atoms. The molecule has 0 radical (unpaired) electrons. The van der Waals surface area contributed by atoms with Crippen LogP contribution in [-0.4, -0.2) is 60.7 Å². The number of aromatic nitrogens is 4. The van der Waals surface area contributed by atoms with Crippen LogP contribution in [0.1, 0.15) is 92.7 Å². The fourth-order valence-corrected chi connectivity index (χ4v) is 6.48. The van der Waals surface area contributed by atoms with E-state index in [1.165, 1.54) is 24.7 Å². The molecule has 1 aromatic carbocycles. The van der Waals surface area contributed by atoms with Crippen molar-refractivity contribution in [2.24, 2.45) is 18.9 Å². The van der Waals surface area contributed by atoms with E-state index in [9.17, 15) is 19.2 Å². The Balaban J connectivity index is 1.61.